The van der Waals surface area contributed by atoms with E-state index in [1.54, 1.807) is 7.11 Å². The molecule has 30 heavy (non-hydrogen) atoms. The molecule has 5 aromatic rings. The van der Waals surface area contributed by atoms with Crippen LogP contribution >= 0.6 is 22.9 Å². The zero-order valence-corrected chi connectivity index (χ0v) is 17.4. The molecule has 0 atom stereocenters. The Balaban J connectivity index is 1.44. The van der Waals surface area contributed by atoms with Gasteiger partial charge >= 0.3 is 0 Å². The molecule has 1 N–H and O–H groups in total. The molecule has 0 bridgehead atoms. The van der Waals surface area contributed by atoms with Gasteiger partial charge < -0.3 is 14.5 Å². The predicted molar refractivity (Wildman–Crippen MR) is 121 cm³/mol. The molecule has 3 aromatic carbocycles. The number of rotatable bonds is 4. The SMILES string of the molecule is COc1ccc2oc(-c3cccc(NC(=O)c4sc5ccccc5c4Cl)c3)nc2c1. The molecule has 148 valence electrons. The first kappa shape index (κ1) is 18.7. The Labute approximate surface area is 180 Å². The summed E-state index contributed by atoms with van der Waals surface area (Å²) in [6, 6.07) is 20.5. The highest BCUT2D eigenvalue weighted by atomic mass is 35.5. The second-order valence-electron chi connectivity index (χ2n) is 6.63. The van der Waals surface area contributed by atoms with Gasteiger partial charge in [0.25, 0.3) is 5.91 Å². The molecule has 0 aliphatic carbocycles. The smallest absolute Gasteiger partial charge is 0.267 e. The number of amides is 1. The topological polar surface area (TPSA) is 64.4 Å². The quantitative estimate of drug-likeness (QED) is 0.345. The van der Waals surface area contributed by atoms with Gasteiger partial charge in [-0.05, 0) is 36.4 Å². The molecule has 0 saturated carbocycles. The standard InChI is InChI=1S/C23H15ClN2O3S/c1-28-15-9-10-18-17(12-15)26-23(29-18)13-5-4-6-14(11-13)25-22(27)21-20(24)16-7-2-3-8-19(16)30-21/h2-12H,1H3,(H,25,27). The lowest BCUT2D eigenvalue weighted by molar-refractivity contribution is 0.103. The first-order valence-corrected chi connectivity index (χ1v) is 10.4. The second-order valence-corrected chi connectivity index (χ2v) is 8.06. The molecule has 2 heterocycles. The fraction of sp³-hybridized carbons (Fsp3) is 0.0435. The molecule has 0 unspecified atom stereocenters. The van der Waals surface area contributed by atoms with Crippen molar-refractivity contribution in [1.29, 1.82) is 0 Å². The van der Waals surface area contributed by atoms with Crippen LogP contribution in [0.25, 0.3) is 32.6 Å². The summed E-state index contributed by atoms with van der Waals surface area (Å²) in [7, 11) is 1.61. The zero-order valence-electron chi connectivity index (χ0n) is 15.8. The number of hydrogen-bond donors (Lipinski definition) is 1. The number of carbonyl (C=O) groups excluding carboxylic acids is 1. The zero-order chi connectivity index (χ0) is 20.7. The fourth-order valence-electron chi connectivity index (χ4n) is 3.24. The number of oxazole rings is 1. The monoisotopic (exact) mass is 434 g/mol. The summed E-state index contributed by atoms with van der Waals surface area (Å²) in [5.74, 6) is 0.929. The van der Waals surface area contributed by atoms with Gasteiger partial charge in [0.05, 0.1) is 12.1 Å². The summed E-state index contributed by atoms with van der Waals surface area (Å²) in [6.07, 6.45) is 0. The number of benzene rings is 3. The van der Waals surface area contributed by atoms with Gasteiger partial charge in [-0.2, -0.15) is 0 Å². The lowest BCUT2D eigenvalue weighted by atomic mass is 10.2. The molecular formula is C23H15ClN2O3S. The van der Waals surface area contributed by atoms with Crippen LogP contribution in [0, 0.1) is 0 Å². The second kappa shape index (κ2) is 7.48. The maximum Gasteiger partial charge on any atom is 0.267 e. The summed E-state index contributed by atoms with van der Waals surface area (Å²) in [4.78, 5) is 17.8. The minimum absolute atomic E-state index is 0.249. The number of anilines is 1. The number of fused-ring (bicyclic) bond motifs is 2. The van der Waals surface area contributed by atoms with Crippen molar-refractivity contribution >= 4 is 55.7 Å². The van der Waals surface area contributed by atoms with E-state index >= 15 is 0 Å². The maximum absolute atomic E-state index is 12.8. The fourth-order valence-corrected chi connectivity index (χ4v) is 4.65. The van der Waals surface area contributed by atoms with Gasteiger partial charge in [0, 0.05) is 27.4 Å². The number of carbonyl (C=O) groups is 1. The Morgan fingerprint density at radius 1 is 1.10 bits per heavy atom. The molecule has 0 spiro atoms. The van der Waals surface area contributed by atoms with Gasteiger partial charge in [-0.25, -0.2) is 4.98 Å². The number of nitrogens with one attached hydrogen (secondary N) is 1. The first-order chi connectivity index (χ1) is 14.6. The van der Waals surface area contributed by atoms with E-state index in [0.29, 0.717) is 38.3 Å². The van der Waals surface area contributed by atoms with Crippen LogP contribution in [0.4, 0.5) is 5.69 Å². The van der Waals surface area contributed by atoms with Crippen LogP contribution in [0.15, 0.2) is 71.1 Å². The van der Waals surface area contributed by atoms with Crippen molar-refractivity contribution < 1.29 is 13.9 Å². The van der Waals surface area contributed by atoms with Crippen LogP contribution in [-0.4, -0.2) is 18.0 Å². The number of thiophene rings is 1. The largest absolute Gasteiger partial charge is 0.497 e. The van der Waals surface area contributed by atoms with Gasteiger partial charge in [0.2, 0.25) is 5.89 Å². The number of halogens is 1. The van der Waals surface area contributed by atoms with Gasteiger partial charge in [0.15, 0.2) is 5.58 Å². The number of ether oxygens (including phenoxy) is 1. The van der Waals surface area contributed by atoms with E-state index < -0.39 is 0 Å². The maximum atomic E-state index is 12.8. The molecule has 5 rings (SSSR count). The Morgan fingerprint density at radius 3 is 2.80 bits per heavy atom. The molecule has 7 heteroatoms. The molecule has 0 fully saturated rings. The van der Waals surface area contributed by atoms with Gasteiger partial charge in [-0.3, -0.25) is 4.79 Å². The van der Waals surface area contributed by atoms with Crippen LogP contribution in [-0.2, 0) is 0 Å². The minimum Gasteiger partial charge on any atom is -0.497 e. The summed E-state index contributed by atoms with van der Waals surface area (Å²) in [5.41, 5.74) is 2.75. The van der Waals surface area contributed by atoms with Crippen LogP contribution < -0.4 is 10.1 Å². The minimum atomic E-state index is -0.249. The lowest BCUT2D eigenvalue weighted by Crippen LogP contribution is -2.10. The van der Waals surface area contributed by atoms with E-state index in [0.717, 1.165) is 15.6 Å². The molecule has 5 nitrogen and oxygen atoms in total. The third-order valence-corrected chi connectivity index (χ3v) is 6.38. The normalized spacial score (nSPS) is 11.1. The molecule has 0 aliphatic rings. The Morgan fingerprint density at radius 2 is 1.97 bits per heavy atom. The van der Waals surface area contributed by atoms with Gasteiger partial charge in [0.1, 0.15) is 16.1 Å². The molecule has 2 aromatic heterocycles. The summed E-state index contributed by atoms with van der Waals surface area (Å²) in [6.45, 7) is 0. The number of methoxy groups -OCH3 is 1. The number of hydrogen-bond acceptors (Lipinski definition) is 5. The van der Waals surface area contributed by atoms with E-state index in [4.69, 9.17) is 20.8 Å². The average molecular weight is 435 g/mol. The molecular weight excluding hydrogens is 420 g/mol. The van der Waals surface area contributed by atoms with E-state index in [1.807, 2.05) is 66.7 Å². The van der Waals surface area contributed by atoms with Gasteiger partial charge in [-0.1, -0.05) is 35.9 Å². The van der Waals surface area contributed by atoms with Crippen molar-refractivity contribution in [2.75, 3.05) is 12.4 Å². The van der Waals surface area contributed by atoms with Crippen LogP contribution in [0.1, 0.15) is 9.67 Å². The highest BCUT2D eigenvalue weighted by Crippen LogP contribution is 2.36. The first-order valence-electron chi connectivity index (χ1n) is 9.16. The van der Waals surface area contributed by atoms with Crippen LogP contribution in [0.5, 0.6) is 5.75 Å². The predicted octanol–water partition coefficient (Wildman–Crippen LogP) is 6.62. The Hall–Kier alpha value is -3.35. The van der Waals surface area contributed by atoms with E-state index in [1.165, 1.54) is 11.3 Å². The van der Waals surface area contributed by atoms with Crippen molar-refractivity contribution in [2.24, 2.45) is 0 Å². The van der Waals surface area contributed by atoms with Crippen molar-refractivity contribution in [3.63, 3.8) is 0 Å². The van der Waals surface area contributed by atoms with E-state index in [9.17, 15) is 4.79 Å². The van der Waals surface area contributed by atoms with Crippen LogP contribution in [0.2, 0.25) is 5.02 Å². The van der Waals surface area contributed by atoms with E-state index in [-0.39, 0.29) is 5.91 Å². The molecule has 0 radical (unpaired) electrons. The highest BCUT2D eigenvalue weighted by molar-refractivity contribution is 7.21. The number of aromatic nitrogens is 1. The van der Waals surface area contributed by atoms with Crippen molar-refractivity contribution in [3.8, 4) is 17.2 Å². The van der Waals surface area contributed by atoms with Crippen molar-refractivity contribution in [2.45, 2.75) is 0 Å². The van der Waals surface area contributed by atoms with E-state index in [2.05, 4.69) is 10.3 Å². The van der Waals surface area contributed by atoms with Crippen LogP contribution in [0.3, 0.4) is 0 Å². The Kier molecular flexibility index (Phi) is 4.65. The number of nitrogens with zero attached hydrogens (tertiary/aromatic N) is 1. The lowest BCUT2D eigenvalue weighted by Gasteiger charge is -2.05. The summed E-state index contributed by atoms with van der Waals surface area (Å²) < 4.78 is 12.1. The Bertz CT molecular complexity index is 1410. The third-order valence-electron chi connectivity index (χ3n) is 4.70. The molecule has 0 saturated heterocycles. The van der Waals surface area contributed by atoms with Crippen molar-refractivity contribution in [3.05, 3.63) is 76.6 Å². The summed E-state index contributed by atoms with van der Waals surface area (Å²) >= 11 is 7.80. The van der Waals surface area contributed by atoms with Gasteiger partial charge in [-0.15, -0.1) is 11.3 Å². The highest BCUT2D eigenvalue weighted by Gasteiger charge is 2.17. The average Bonchev–Trinajstić information content (AvgIpc) is 3.35. The molecule has 0 aliphatic heterocycles. The third kappa shape index (κ3) is 3.30. The summed E-state index contributed by atoms with van der Waals surface area (Å²) in [5, 5.41) is 4.27. The molecule has 1 amide bonds. The van der Waals surface area contributed by atoms with Crippen molar-refractivity contribution in [1.82, 2.24) is 4.98 Å².